The minimum absolute atomic E-state index is 0. The van der Waals surface area contributed by atoms with Crippen LogP contribution in [0.15, 0.2) is 30.3 Å². The Morgan fingerprint density at radius 3 is 2.80 bits per heavy atom. The zero-order chi connectivity index (χ0) is 15.9. The molecule has 7 heteroatoms. The second-order valence-corrected chi connectivity index (χ2v) is 7.71. The highest BCUT2D eigenvalue weighted by Crippen LogP contribution is 2.15. The van der Waals surface area contributed by atoms with Crippen molar-refractivity contribution in [2.24, 2.45) is 0 Å². The average Bonchev–Trinajstić information content (AvgIpc) is 2.57. The van der Waals surface area contributed by atoms with E-state index in [-0.39, 0.29) is 30.7 Å². The number of hydrogen-bond acceptors (Lipinski definition) is 4. The number of carbonyl (C=O) groups is 1. The van der Waals surface area contributed by atoms with Gasteiger partial charge in [-0.2, -0.15) is 11.8 Å². The molecule has 4 nitrogen and oxygen atoms in total. The summed E-state index contributed by atoms with van der Waals surface area (Å²) in [5.41, 5.74) is 1.35. The minimum Gasteiger partial charge on any atom is -0.352 e. The summed E-state index contributed by atoms with van der Waals surface area (Å²) in [6, 6.07) is 11.2. The lowest BCUT2D eigenvalue weighted by Crippen LogP contribution is -2.49. The second kappa shape index (κ2) is 12.0. The van der Waals surface area contributed by atoms with Crippen LogP contribution in [0.2, 0.25) is 0 Å². The summed E-state index contributed by atoms with van der Waals surface area (Å²) in [5, 5.41) is 6.69. The van der Waals surface area contributed by atoms with E-state index in [1.807, 2.05) is 11.8 Å². The molecule has 1 aromatic carbocycles. The third-order valence-corrected chi connectivity index (χ3v) is 5.68. The first kappa shape index (κ1) is 22.6. The first-order valence-corrected chi connectivity index (χ1v) is 9.82. The maximum atomic E-state index is 12.3. The Balaban J connectivity index is 0.00000156. The maximum absolute atomic E-state index is 12.3. The summed E-state index contributed by atoms with van der Waals surface area (Å²) in [7, 11) is 0. The van der Waals surface area contributed by atoms with Crippen LogP contribution >= 0.6 is 36.6 Å². The number of benzene rings is 1. The van der Waals surface area contributed by atoms with Gasteiger partial charge in [-0.1, -0.05) is 30.3 Å². The molecule has 142 valence electrons. The summed E-state index contributed by atoms with van der Waals surface area (Å²) in [5.74, 6) is 2.42. The van der Waals surface area contributed by atoms with Crippen LogP contribution in [-0.2, 0) is 11.3 Å². The lowest BCUT2D eigenvalue weighted by atomic mass is 10.0. The van der Waals surface area contributed by atoms with Crippen LogP contribution in [0, 0.1) is 0 Å². The highest BCUT2D eigenvalue weighted by molar-refractivity contribution is 7.99. The van der Waals surface area contributed by atoms with Crippen LogP contribution in [0.4, 0.5) is 0 Å². The Morgan fingerprint density at radius 2 is 2.08 bits per heavy atom. The van der Waals surface area contributed by atoms with Gasteiger partial charge in [-0.3, -0.25) is 9.69 Å². The highest BCUT2D eigenvalue weighted by atomic mass is 35.5. The van der Waals surface area contributed by atoms with Crippen LogP contribution in [0.5, 0.6) is 0 Å². The second-order valence-electron chi connectivity index (χ2n) is 6.56. The quantitative estimate of drug-likeness (QED) is 0.789. The third kappa shape index (κ3) is 7.75. The van der Waals surface area contributed by atoms with Gasteiger partial charge in [-0.25, -0.2) is 0 Å². The SMILES string of the molecule is Cl.Cl.O=C(CC1CSCCN1)NC1CCCN(Cc2ccccc2)C1. The van der Waals surface area contributed by atoms with E-state index >= 15 is 0 Å². The van der Waals surface area contributed by atoms with Crippen molar-refractivity contribution in [3.63, 3.8) is 0 Å². The third-order valence-electron chi connectivity index (χ3n) is 4.55. The van der Waals surface area contributed by atoms with E-state index in [2.05, 4.69) is 45.9 Å². The van der Waals surface area contributed by atoms with Gasteiger partial charge in [0.05, 0.1) is 0 Å². The molecule has 0 spiro atoms. The molecule has 2 atom stereocenters. The van der Waals surface area contributed by atoms with E-state index in [1.54, 1.807) is 0 Å². The number of amides is 1. The molecule has 1 aromatic rings. The number of carbonyl (C=O) groups excluding carboxylic acids is 1. The summed E-state index contributed by atoms with van der Waals surface area (Å²) < 4.78 is 0. The van der Waals surface area contributed by atoms with Crippen molar-refractivity contribution in [3.8, 4) is 0 Å². The molecule has 0 aliphatic carbocycles. The van der Waals surface area contributed by atoms with Crippen LogP contribution < -0.4 is 10.6 Å². The fourth-order valence-corrected chi connectivity index (χ4v) is 4.37. The Morgan fingerprint density at radius 1 is 1.28 bits per heavy atom. The molecule has 0 radical (unpaired) electrons. The predicted molar refractivity (Wildman–Crippen MR) is 111 cm³/mol. The largest absolute Gasteiger partial charge is 0.352 e. The number of thioether (sulfide) groups is 1. The number of halogens is 2. The minimum atomic E-state index is 0. The van der Waals surface area contributed by atoms with Crippen LogP contribution in [0.25, 0.3) is 0 Å². The molecular weight excluding hydrogens is 377 g/mol. The van der Waals surface area contributed by atoms with E-state index in [1.165, 1.54) is 5.56 Å². The lowest BCUT2D eigenvalue weighted by Gasteiger charge is -2.33. The van der Waals surface area contributed by atoms with E-state index in [9.17, 15) is 4.79 Å². The molecular formula is C18H29Cl2N3OS. The zero-order valence-electron chi connectivity index (χ0n) is 14.5. The van der Waals surface area contributed by atoms with Gasteiger partial charge < -0.3 is 10.6 Å². The van der Waals surface area contributed by atoms with Crippen molar-refractivity contribution in [2.45, 2.75) is 37.9 Å². The molecule has 2 aliphatic heterocycles. The number of hydrogen-bond donors (Lipinski definition) is 2. The van der Waals surface area contributed by atoms with Gasteiger partial charge in [0.15, 0.2) is 0 Å². The fraction of sp³-hybridized carbons (Fsp3) is 0.611. The number of nitrogens with zero attached hydrogens (tertiary/aromatic N) is 1. The summed E-state index contributed by atoms with van der Waals surface area (Å²) in [4.78, 5) is 14.7. The summed E-state index contributed by atoms with van der Waals surface area (Å²) >= 11 is 1.94. The van der Waals surface area contributed by atoms with Crippen molar-refractivity contribution in [1.29, 1.82) is 0 Å². The lowest BCUT2D eigenvalue weighted by molar-refractivity contribution is -0.122. The fourth-order valence-electron chi connectivity index (χ4n) is 3.42. The molecule has 2 saturated heterocycles. The van der Waals surface area contributed by atoms with Gasteiger partial charge in [-0.15, -0.1) is 24.8 Å². The standard InChI is InChI=1S/C18H27N3OS.2ClH/c22-18(11-17-14-23-10-8-19-17)20-16-7-4-9-21(13-16)12-15-5-2-1-3-6-15;;/h1-3,5-6,16-17,19H,4,7-14H2,(H,20,22);2*1H. The van der Waals surface area contributed by atoms with E-state index in [0.29, 0.717) is 18.5 Å². The van der Waals surface area contributed by atoms with Gasteiger partial charge in [-0.05, 0) is 24.9 Å². The van der Waals surface area contributed by atoms with Crippen molar-refractivity contribution in [2.75, 3.05) is 31.1 Å². The zero-order valence-corrected chi connectivity index (χ0v) is 16.9. The number of nitrogens with one attached hydrogen (secondary N) is 2. The van der Waals surface area contributed by atoms with Gasteiger partial charge in [0.1, 0.15) is 0 Å². The van der Waals surface area contributed by atoms with Crippen LogP contribution in [-0.4, -0.2) is 54.0 Å². The van der Waals surface area contributed by atoms with Crippen molar-refractivity contribution in [3.05, 3.63) is 35.9 Å². The van der Waals surface area contributed by atoms with E-state index in [4.69, 9.17) is 0 Å². The van der Waals surface area contributed by atoms with E-state index in [0.717, 1.165) is 50.5 Å². The predicted octanol–water partition coefficient (Wildman–Crippen LogP) is 2.71. The first-order chi connectivity index (χ1) is 11.3. The van der Waals surface area contributed by atoms with Crippen molar-refractivity contribution in [1.82, 2.24) is 15.5 Å². The number of rotatable bonds is 5. The average molecular weight is 406 g/mol. The van der Waals surface area contributed by atoms with Crippen LogP contribution in [0.1, 0.15) is 24.8 Å². The Bertz CT molecular complexity index is 500. The number of likely N-dealkylation sites (tertiary alicyclic amines) is 1. The Labute approximate surface area is 167 Å². The first-order valence-electron chi connectivity index (χ1n) is 8.66. The molecule has 1 amide bonds. The molecule has 2 fully saturated rings. The van der Waals surface area contributed by atoms with Crippen molar-refractivity contribution < 1.29 is 4.79 Å². The molecule has 2 unspecified atom stereocenters. The highest BCUT2D eigenvalue weighted by Gasteiger charge is 2.23. The van der Waals surface area contributed by atoms with Gasteiger partial charge in [0.2, 0.25) is 5.91 Å². The monoisotopic (exact) mass is 405 g/mol. The molecule has 2 aliphatic rings. The van der Waals surface area contributed by atoms with Crippen molar-refractivity contribution >= 4 is 42.5 Å². The molecule has 3 rings (SSSR count). The Hall–Kier alpha value is -0.460. The molecule has 2 N–H and O–H groups in total. The van der Waals surface area contributed by atoms with Gasteiger partial charge in [0, 0.05) is 49.6 Å². The molecule has 0 bridgehead atoms. The Kier molecular flexibility index (Phi) is 10.9. The molecule has 25 heavy (non-hydrogen) atoms. The smallest absolute Gasteiger partial charge is 0.221 e. The van der Waals surface area contributed by atoms with Gasteiger partial charge >= 0.3 is 0 Å². The summed E-state index contributed by atoms with van der Waals surface area (Å²) in [6.45, 7) is 4.10. The molecule has 2 heterocycles. The van der Waals surface area contributed by atoms with Crippen LogP contribution in [0.3, 0.4) is 0 Å². The van der Waals surface area contributed by atoms with Gasteiger partial charge in [0.25, 0.3) is 0 Å². The number of piperidine rings is 1. The normalized spacial score (nSPS) is 23.8. The maximum Gasteiger partial charge on any atom is 0.221 e. The topological polar surface area (TPSA) is 44.4 Å². The summed E-state index contributed by atoms with van der Waals surface area (Å²) in [6.07, 6.45) is 2.88. The molecule has 0 aromatic heterocycles. The van der Waals surface area contributed by atoms with E-state index < -0.39 is 0 Å². The molecule has 0 saturated carbocycles.